The van der Waals surface area contributed by atoms with Gasteiger partial charge in [-0.25, -0.2) is 0 Å². The highest BCUT2D eigenvalue weighted by molar-refractivity contribution is 5.71. The van der Waals surface area contributed by atoms with Crippen molar-refractivity contribution in [2.24, 2.45) is 0 Å². The number of carbonyl (C=O) groups excluding carboxylic acids is 3. The predicted molar refractivity (Wildman–Crippen MR) is 348 cm³/mol. The van der Waals surface area contributed by atoms with E-state index in [0.717, 1.165) is 141 Å². The van der Waals surface area contributed by atoms with Crippen LogP contribution < -0.4 is 0 Å². The molecule has 1 unspecified atom stereocenters. The molecule has 0 radical (unpaired) electrons. The monoisotopic (exact) mass is 1100 g/mol. The molecule has 0 aliphatic carbocycles. The van der Waals surface area contributed by atoms with E-state index in [9.17, 15) is 14.4 Å². The van der Waals surface area contributed by atoms with Gasteiger partial charge in [-0.1, -0.05) is 281 Å². The van der Waals surface area contributed by atoms with Crippen LogP contribution in [-0.4, -0.2) is 37.2 Å². The highest BCUT2D eigenvalue weighted by atomic mass is 16.6. The van der Waals surface area contributed by atoms with Gasteiger partial charge in [0.2, 0.25) is 0 Å². The summed E-state index contributed by atoms with van der Waals surface area (Å²) in [6, 6.07) is 0. The maximum absolute atomic E-state index is 12.9. The molecule has 1 atom stereocenters. The molecule has 0 spiro atoms. The number of unbranched alkanes of at least 4 members (excludes halogenated alkanes) is 20. The van der Waals surface area contributed by atoms with Crippen LogP contribution in [0.5, 0.6) is 0 Å². The molecule has 0 aromatic heterocycles. The van der Waals surface area contributed by atoms with Crippen molar-refractivity contribution in [2.45, 2.75) is 277 Å². The zero-order valence-electron chi connectivity index (χ0n) is 51.5. The number of rotatable bonds is 57. The Kier molecular flexibility index (Phi) is 62.4. The Morgan fingerprint density at radius 3 is 0.787 bits per heavy atom. The van der Waals surface area contributed by atoms with E-state index >= 15 is 0 Å². The Bertz CT molecular complexity index is 1790. The summed E-state index contributed by atoms with van der Waals surface area (Å²) in [6.07, 6.45) is 96.9. The minimum absolute atomic E-state index is 0.111. The van der Waals surface area contributed by atoms with Crippen molar-refractivity contribution in [1.82, 2.24) is 0 Å². The molecule has 0 saturated heterocycles. The van der Waals surface area contributed by atoms with Crippen LogP contribution in [0.1, 0.15) is 271 Å². The zero-order valence-corrected chi connectivity index (χ0v) is 51.5. The topological polar surface area (TPSA) is 78.9 Å². The summed E-state index contributed by atoms with van der Waals surface area (Å²) in [5, 5.41) is 0. The molecule has 0 heterocycles. The van der Waals surface area contributed by atoms with Crippen molar-refractivity contribution in [3.05, 3.63) is 158 Å². The molecule has 0 aliphatic heterocycles. The average molecular weight is 1100 g/mol. The minimum Gasteiger partial charge on any atom is -0.462 e. The van der Waals surface area contributed by atoms with E-state index < -0.39 is 6.10 Å². The van der Waals surface area contributed by atoms with E-state index in [1.54, 1.807) is 0 Å². The third-order valence-electron chi connectivity index (χ3n) is 13.3. The van der Waals surface area contributed by atoms with Crippen molar-refractivity contribution < 1.29 is 28.6 Å². The first-order valence-electron chi connectivity index (χ1n) is 32.5. The molecule has 80 heavy (non-hydrogen) atoms. The zero-order chi connectivity index (χ0) is 57.8. The Hall–Kier alpha value is -4.97. The first-order chi connectivity index (χ1) is 39.5. The standard InChI is InChI=1S/C74H118O6/c1-4-7-10-13-16-19-22-25-27-29-30-31-32-33-34-35-36-37-38-39-40-41-42-43-44-45-47-49-52-55-58-61-64-67-73(76)79-70-71(69-78-72(75)66-63-60-57-54-51-48-24-21-18-15-12-9-6-3)80-74(77)68-65-62-59-56-53-50-46-28-26-23-20-17-14-11-8-5-2/h7,9-10,12,16,18-19,21,25,27,30-31,33-34,36-37,39-40,42-43,45,47-48,51-52,55,71H,4-6,8,11,13-15,17,20,22-24,26,28-29,32,35,38,41,44,46,49-50,53-54,56-70H2,1-3H3/b10-7-,12-9-,19-16-,21-18-,27-25-,31-30-,34-33-,37-36-,40-39-,43-42-,47-45-,51-48-,55-52-. The number of allylic oxidation sites excluding steroid dienone is 26. The maximum atomic E-state index is 12.9. The van der Waals surface area contributed by atoms with Crippen LogP contribution in [0.2, 0.25) is 0 Å². The molecule has 0 fully saturated rings. The van der Waals surface area contributed by atoms with E-state index in [2.05, 4.69) is 179 Å². The molecule has 0 aliphatic rings. The van der Waals surface area contributed by atoms with Gasteiger partial charge in [0.25, 0.3) is 0 Å². The normalized spacial score (nSPS) is 13.2. The molecule has 450 valence electrons. The van der Waals surface area contributed by atoms with Crippen molar-refractivity contribution in [2.75, 3.05) is 13.2 Å². The number of ether oxygens (including phenoxy) is 3. The van der Waals surface area contributed by atoms with Gasteiger partial charge >= 0.3 is 17.9 Å². The van der Waals surface area contributed by atoms with Gasteiger partial charge in [0.05, 0.1) is 0 Å². The largest absolute Gasteiger partial charge is 0.462 e. The lowest BCUT2D eigenvalue weighted by atomic mass is 10.0. The fourth-order valence-corrected chi connectivity index (χ4v) is 8.48. The van der Waals surface area contributed by atoms with Crippen molar-refractivity contribution in [3.8, 4) is 0 Å². The molecule has 0 amide bonds. The fraction of sp³-hybridized carbons (Fsp3) is 0.608. The van der Waals surface area contributed by atoms with Crippen LogP contribution in [0.25, 0.3) is 0 Å². The van der Waals surface area contributed by atoms with Crippen LogP contribution in [0.4, 0.5) is 0 Å². The summed E-state index contributed by atoms with van der Waals surface area (Å²) in [5.74, 6) is -0.982. The number of carbonyl (C=O) groups is 3. The molecule has 0 aromatic carbocycles. The lowest BCUT2D eigenvalue weighted by Crippen LogP contribution is -2.30. The lowest BCUT2D eigenvalue weighted by Gasteiger charge is -2.18. The highest BCUT2D eigenvalue weighted by Crippen LogP contribution is 2.15. The molecule has 0 N–H and O–H groups in total. The summed E-state index contributed by atoms with van der Waals surface area (Å²) in [6.45, 7) is 6.35. The summed E-state index contributed by atoms with van der Waals surface area (Å²) in [5.41, 5.74) is 0. The lowest BCUT2D eigenvalue weighted by molar-refractivity contribution is -0.167. The smallest absolute Gasteiger partial charge is 0.306 e. The Morgan fingerprint density at radius 2 is 0.487 bits per heavy atom. The van der Waals surface area contributed by atoms with Crippen molar-refractivity contribution in [1.29, 1.82) is 0 Å². The van der Waals surface area contributed by atoms with E-state index in [1.165, 1.54) is 83.5 Å². The van der Waals surface area contributed by atoms with E-state index in [-0.39, 0.29) is 31.1 Å². The van der Waals surface area contributed by atoms with Gasteiger partial charge in [-0.2, -0.15) is 0 Å². The minimum atomic E-state index is -0.814. The summed E-state index contributed by atoms with van der Waals surface area (Å²) < 4.78 is 16.8. The third kappa shape index (κ3) is 63.9. The number of hydrogen-bond donors (Lipinski definition) is 0. The summed E-state index contributed by atoms with van der Waals surface area (Å²) in [7, 11) is 0. The number of esters is 3. The first kappa shape index (κ1) is 75.0. The molecular weight excluding hydrogens is 985 g/mol. The quantitative estimate of drug-likeness (QED) is 0.0261. The molecule has 6 nitrogen and oxygen atoms in total. The van der Waals surface area contributed by atoms with Crippen LogP contribution in [0.3, 0.4) is 0 Å². The first-order valence-corrected chi connectivity index (χ1v) is 32.5. The molecule has 0 bridgehead atoms. The molecule has 6 heteroatoms. The van der Waals surface area contributed by atoms with Gasteiger partial charge in [0, 0.05) is 19.3 Å². The molecule has 0 saturated carbocycles. The maximum Gasteiger partial charge on any atom is 0.306 e. The van der Waals surface area contributed by atoms with E-state index in [0.29, 0.717) is 25.7 Å². The fourth-order valence-electron chi connectivity index (χ4n) is 8.48. The predicted octanol–water partition coefficient (Wildman–Crippen LogP) is 22.5. The van der Waals surface area contributed by atoms with E-state index in [1.807, 2.05) is 0 Å². The Labute approximate surface area is 492 Å². The second-order valence-corrected chi connectivity index (χ2v) is 20.9. The van der Waals surface area contributed by atoms with Crippen LogP contribution in [0.15, 0.2) is 158 Å². The highest BCUT2D eigenvalue weighted by Gasteiger charge is 2.19. The van der Waals surface area contributed by atoms with Gasteiger partial charge < -0.3 is 14.2 Å². The SMILES string of the molecule is CC/C=C\C/C=C\C/C=C\C/C=C\C/C=C\C/C=C\C/C=C\C/C=C\C/C=C\C/C=C\CCCCC(=O)OCC(COC(=O)CCCCC/C=C\C/C=C\C/C=C\CC)OC(=O)CCCCCCCCCCCCCCCCCC. The van der Waals surface area contributed by atoms with Crippen LogP contribution in [0, 0.1) is 0 Å². The molecule has 0 rings (SSSR count). The summed E-state index contributed by atoms with van der Waals surface area (Å²) in [4.78, 5) is 38.2. The second kappa shape index (κ2) is 66.5. The third-order valence-corrected chi connectivity index (χ3v) is 13.3. The number of hydrogen-bond acceptors (Lipinski definition) is 6. The summed E-state index contributed by atoms with van der Waals surface area (Å²) >= 11 is 0. The molecule has 0 aromatic rings. The second-order valence-electron chi connectivity index (χ2n) is 20.9. The molecular formula is C74H118O6. The van der Waals surface area contributed by atoms with Crippen LogP contribution in [-0.2, 0) is 28.6 Å². The van der Waals surface area contributed by atoms with Gasteiger partial charge in [-0.05, 0) is 128 Å². The van der Waals surface area contributed by atoms with Gasteiger partial charge in [0.15, 0.2) is 6.10 Å². The van der Waals surface area contributed by atoms with Crippen LogP contribution >= 0.6 is 0 Å². The van der Waals surface area contributed by atoms with Gasteiger partial charge in [-0.3, -0.25) is 14.4 Å². The average Bonchev–Trinajstić information content (AvgIpc) is 3.46. The van der Waals surface area contributed by atoms with Crippen molar-refractivity contribution >= 4 is 17.9 Å². The van der Waals surface area contributed by atoms with E-state index in [4.69, 9.17) is 14.2 Å². The van der Waals surface area contributed by atoms with Crippen molar-refractivity contribution in [3.63, 3.8) is 0 Å². The Balaban J connectivity index is 4.40. The van der Waals surface area contributed by atoms with Gasteiger partial charge in [-0.15, -0.1) is 0 Å². The van der Waals surface area contributed by atoms with Gasteiger partial charge in [0.1, 0.15) is 13.2 Å². The Morgan fingerprint density at radius 1 is 0.263 bits per heavy atom.